The molecule has 0 radical (unpaired) electrons. The molecule has 0 unspecified atom stereocenters. The van der Waals surface area contributed by atoms with Gasteiger partial charge >= 0.3 is 0 Å². The van der Waals surface area contributed by atoms with Crippen molar-refractivity contribution in [3.05, 3.63) is 24.3 Å². The first-order valence-electron chi connectivity index (χ1n) is 5.46. The van der Waals surface area contributed by atoms with E-state index < -0.39 is 0 Å². The Bertz CT molecular complexity index is 486. The fourth-order valence-corrected chi connectivity index (χ4v) is 1.45. The SMILES string of the molecule is CN(C)C(=O)CCNc1nc2ccccc2o1. The van der Waals surface area contributed by atoms with Gasteiger partial charge in [0.25, 0.3) is 6.01 Å². The number of rotatable bonds is 4. The van der Waals surface area contributed by atoms with Crippen molar-refractivity contribution in [2.75, 3.05) is 26.0 Å². The minimum Gasteiger partial charge on any atom is -0.424 e. The van der Waals surface area contributed by atoms with Gasteiger partial charge in [0.2, 0.25) is 5.91 Å². The molecule has 1 aromatic carbocycles. The summed E-state index contributed by atoms with van der Waals surface area (Å²) in [6.07, 6.45) is 0.422. The number of amides is 1. The van der Waals surface area contributed by atoms with Crippen LogP contribution in [0.1, 0.15) is 6.42 Å². The van der Waals surface area contributed by atoms with Crippen molar-refractivity contribution in [1.82, 2.24) is 9.88 Å². The van der Waals surface area contributed by atoms with E-state index in [0.717, 1.165) is 11.1 Å². The van der Waals surface area contributed by atoms with Crippen LogP contribution >= 0.6 is 0 Å². The zero-order valence-corrected chi connectivity index (χ0v) is 9.93. The van der Waals surface area contributed by atoms with Crippen LogP contribution in [0.3, 0.4) is 0 Å². The lowest BCUT2D eigenvalue weighted by Crippen LogP contribution is -2.23. The first-order valence-corrected chi connectivity index (χ1v) is 5.46. The molecule has 1 aromatic heterocycles. The summed E-state index contributed by atoms with van der Waals surface area (Å²) in [7, 11) is 3.48. The molecule has 0 aliphatic rings. The standard InChI is InChI=1S/C12H15N3O2/c1-15(2)11(16)7-8-13-12-14-9-5-3-4-6-10(9)17-12/h3-6H,7-8H2,1-2H3,(H,13,14). The van der Waals surface area contributed by atoms with E-state index in [1.165, 1.54) is 0 Å². The maximum atomic E-state index is 11.3. The Morgan fingerprint density at radius 1 is 1.41 bits per heavy atom. The fraction of sp³-hybridized carbons (Fsp3) is 0.333. The summed E-state index contributed by atoms with van der Waals surface area (Å²) in [6, 6.07) is 8.00. The van der Waals surface area contributed by atoms with Gasteiger partial charge in [0.1, 0.15) is 5.52 Å². The highest BCUT2D eigenvalue weighted by Crippen LogP contribution is 2.17. The van der Waals surface area contributed by atoms with Gasteiger partial charge in [-0.3, -0.25) is 4.79 Å². The molecule has 1 heterocycles. The van der Waals surface area contributed by atoms with Crippen LogP contribution in [0.2, 0.25) is 0 Å². The maximum absolute atomic E-state index is 11.3. The summed E-state index contributed by atoms with van der Waals surface area (Å²) >= 11 is 0. The Morgan fingerprint density at radius 3 is 2.88 bits per heavy atom. The Labute approximate surface area is 99.4 Å². The van der Waals surface area contributed by atoms with E-state index in [0.29, 0.717) is 19.0 Å². The number of nitrogens with zero attached hydrogens (tertiary/aromatic N) is 2. The van der Waals surface area contributed by atoms with Crippen molar-refractivity contribution in [2.45, 2.75) is 6.42 Å². The highest BCUT2D eigenvalue weighted by Gasteiger charge is 2.06. The molecule has 0 fully saturated rings. The quantitative estimate of drug-likeness (QED) is 0.873. The molecule has 1 N–H and O–H groups in total. The van der Waals surface area contributed by atoms with Crippen LogP contribution in [0.15, 0.2) is 28.7 Å². The van der Waals surface area contributed by atoms with Gasteiger partial charge in [-0.15, -0.1) is 0 Å². The Morgan fingerprint density at radius 2 is 2.18 bits per heavy atom. The van der Waals surface area contributed by atoms with Gasteiger partial charge < -0.3 is 14.6 Å². The van der Waals surface area contributed by atoms with E-state index in [2.05, 4.69) is 10.3 Å². The Balaban J connectivity index is 1.93. The van der Waals surface area contributed by atoms with Gasteiger partial charge in [-0.1, -0.05) is 12.1 Å². The van der Waals surface area contributed by atoms with E-state index in [4.69, 9.17) is 4.42 Å². The third kappa shape index (κ3) is 2.75. The van der Waals surface area contributed by atoms with Crippen LogP contribution in [0.4, 0.5) is 6.01 Å². The molecule has 0 saturated heterocycles. The Hall–Kier alpha value is -2.04. The lowest BCUT2D eigenvalue weighted by Gasteiger charge is -2.09. The van der Waals surface area contributed by atoms with Gasteiger partial charge in [0.05, 0.1) is 0 Å². The molecule has 1 amide bonds. The number of hydrogen-bond donors (Lipinski definition) is 1. The van der Waals surface area contributed by atoms with Crippen molar-refractivity contribution in [3.63, 3.8) is 0 Å². The van der Waals surface area contributed by atoms with E-state index in [9.17, 15) is 4.79 Å². The number of anilines is 1. The summed E-state index contributed by atoms with van der Waals surface area (Å²) in [5.41, 5.74) is 1.56. The number of carbonyl (C=O) groups excluding carboxylic acids is 1. The number of benzene rings is 1. The average molecular weight is 233 g/mol. The topological polar surface area (TPSA) is 58.4 Å². The summed E-state index contributed by atoms with van der Waals surface area (Å²) in [5.74, 6) is 0.0774. The molecular weight excluding hydrogens is 218 g/mol. The molecule has 0 aliphatic heterocycles. The molecule has 0 saturated carbocycles. The van der Waals surface area contributed by atoms with Gasteiger partial charge in [-0.05, 0) is 12.1 Å². The molecule has 0 atom stereocenters. The number of carbonyl (C=O) groups is 1. The number of fused-ring (bicyclic) bond motifs is 1. The molecule has 5 heteroatoms. The van der Waals surface area contributed by atoms with Crippen LogP contribution < -0.4 is 5.32 Å². The third-order valence-electron chi connectivity index (χ3n) is 2.41. The lowest BCUT2D eigenvalue weighted by molar-refractivity contribution is -0.128. The van der Waals surface area contributed by atoms with E-state index in [-0.39, 0.29) is 5.91 Å². The van der Waals surface area contributed by atoms with Gasteiger partial charge in [0.15, 0.2) is 5.58 Å². The predicted octanol–water partition coefficient (Wildman–Crippen LogP) is 1.72. The third-order valence-corrected chi connectivity index (χ3v) is 2.41. The number of nitrogens with one attached hydrogen (secondary N) is 1. The molecule has 0 bridgehead atoms. The minimum absolute atomic E-state index is 0.0774. The second-order valence-corrected chi connectivity index (χ2v) is 3.95. The molecule has 90 valence electrons. The van der Waals surface area contributed by atoms with Crippen LogP contribution in [-0.2, 0) is 4.79 Å². The second-order valence-electron chi connectivity index (χ2n) is 3.95. The molecular formula is C12H15N3O2. The van der Waals surface area contributed by atoms with Crippen molar-refractivity contribution in [3.8, 4) is 0 Å². The smallest absolute Gasteiger partial charge is 0.295 e. The molecule has 17 heavy (non-hydrogen) atoms. The lowest BCUT2D eigenvalue weighted by atomic mass is 10.3. The second kappa shape index (κ2) is 4.86. The summed E-state index contributed by atoms with van der Waals surface area (Å²) in [5, 5.41) is 2.99. The van der Waals surface area contributed by atoms with Gasteiger partial charge in [-0.2, -0.15) is 4.98 Å². The van der Waals surface area contributed by atoms with Crippen molar-refractivity contribution < 1.29 is 9.21 Å². The molecule has 0 aliphatic carbocycles. The number of para-hydroxylation sites is 2. The summed E-state index contributed by atoms with van der Waals surface area (Å²) in [4.78, 5) is 17.2. The first kappa shape index (κ1) is 11.4. The van der Waals surface area contributed by atoms with E-state index in [1.807, 2.05) is 24.3 Å². The predicted molar refractivity (Wildman–Crippen MR) is 65.8 cm³/mol. The Kier molecular flexibility index (Phi) is 3.27. The van der Waals surface area contributed by atoms with Crippen molar-refractivity contribution in [1.29, 1.82) is 0 Å². The molecule has 5 nitrogen and oxygen atoms in total. The van der Waals surface area contributed by atoms with Crippen LogP contribution in [-0.4, -0.2) is 36.4 Å². The van der Waals surface area contributed by atoms with E-state index >= 15 is 0 Å². The molecule has 2 aromatic rings. The van der Waals surface area contributed by atoms with Crippen LogP contribution in [0, 0.1) is 0 Å². The zero-order chi connectivity index (χ0) is 12.3. The normalized spacial score (nSPS) is 10.5. The number of oxazole rings is 1. The highest BCUT2D eigenvalue weighted by atomic mass is 16.4. The van der Waals surface area contributed by atoms with Crippen molar-refractivity contribution >= 4 is 23.0 Å². The first-order chi connectivity index (χ1) is 8.16. The van der Waals surface area contributed by atoms with Crippen LogP contribution in [0.5, 0.6) is 0 Å². The van der Waals surface area contributed by atoms with Gasteiger partial charge in [0, 0.05) is 27.1 Å². The van der Waals surface area contributed by atoms with Crippen molar-refractivity contribution in [2.24, 2.45) is 0 Å². The minimum atomic E-state index is 0.0774. The zero-order valence-electron chi connectivity index (χ0n) is 9.93. The molecule has 2 rings (SSSR count). The number of aromatic nitrogens is 1. The van der Waals surface area contributed by atoms with Gasteiger partial charge in [-0.25, -0.2) is 0 Å². The maximum Gasteiger partial charge on any atom is 0.295 e. The summed E-state index contributed by atoms with van der Waals surface area (Å²) < 4.78 is 5.46. The monoisotopic (exact) mass is 233 g/mol. The number of hydrogen-bond acceptors (Lipinski definition) is 4. The highest BCUT2D eigenvalue weighted by molar-refractivity contribution is 5.76. The largest absolute Gasteiger partial charge is 0.424 e. The van der Waals surface area contributed by atoms with Crippen LogP contribution in [0.25, 0.3) is 11.1 Å². The summed E-state index contributed by atoms with van der Waals surface area (Å²) in [6.45, 7) is 0.518. The average Bonchev–Trinajstić information content (AvgIpc) is 2.71. The molecule has 0 spiro atoms. The fourth-order valence-electron chi connectivity index (χ4n) is 1.45. The van der Waals surface area contributed by atoms with E-state index in [1.54, 1.807) is 19.0 Å².